The van der Waals surface area contributed by atoms with Gasteiger partial charge in [-0.2, -0.15) is 4.31 Å². The normalized spacial score (nSPS) is 17.3. The second-order valence-corrected chi connectivity index (χ2v) is 10.0. The summed E-state index contributed by atoms with van der Waals surface area (Å²) >= 11 is 1.57. The third-order valence-electron chi connectivity index (χ3n) is 5.23. The number of ether oxygens (including phenoxy) is 2. The molecule has 31 heavy (non-hydrogen) atoms. The van der Waals surface area contributed by atoms with Crippen molar-refractivity contribution in [1.82, 2.24) is 9.21 Å². The Bertz CT molecular complexity index is 1050. The van der Waals surface area contributed by atoms with Gasteiger partial charge in [-0.15, -0.1) is 11.8 Å². The number of hydrogen-bond donors (Lipinski definition) is 1. The molecule has 1 amide bonds. The molecule has 0 bridgehead atoms. The van der Waals surface area contributed by atoms with Crippen molar-refractivity contribution >= 4 is 33.4 Å². The Morgan fingerprint density at radius 3 is 2.48 bits per heavy atom. The van der Waals surface area contributed by atoms with Crippen molar-refractivity contribution in [3.8, 4) is 11.5 Å². The van der Waals surface area contributed by atoms with E-state index in [1.807, 2.05) is 35.4 Å². The van der Waals surface area contributed by atoms with Crippen molar-refractivity contribution in [3.05, 3.63) is 42.5 Å². The van der Waals surface area contributed by atoms with Crippen LogP contribution >= 0.6 is 11.8 Å². The van der Waals surface area contributed by atoms with Crippen molar-refractivity contribution < 1.29 is 22.7 Å². The van der Waals surface area contributed by atoms with Gasteiger partial charge in [0.1, 0.15) is 13.2 Å². The molecule has 1 fully saturated rings. The largest absolute Gasteiger partial charge is 0.486 e. The SMILES string of the molecule is CSc1ccccc1NC(=O)CN1CCN(S(=O)(=O)c2ccc3c(c2)OCCO3)CC1. The average molecular weight is 464 g/mol. The number of fused-ring (bicyclic) bond motifs is 1. The van der Waals surface area contributed by atoms with Crippen molar-refractivity contribution in [3.63, 3.8) is 0 Å². The number of nitrogens with zero attached hydrogens (tertiary/aromatic N) is 2. The Balaban J connectivity index is 1.34. The Hall–Kier alpha value is -2.27. The van der Waals surface area contributed by atoms with E-state index in [4.69, 9.17) is 9.47 Å². The van der Waals surface area contributed by atoms with Crippen LogP contribution in [0.5, 0.6) is 11.5 Å². The minimum atomic E-state index is -3.64. The topological polar surface area (TPSA) is 88.2 Å². The van der Waals surface area contributed by atoms with Crippen LogP contribution in [-0.4, -0.2) is 75.7 Å². The molecule has 0 radical (unpaired) electrons. The molecule has 0 aromatic heterocycles. The van der Waals surface area contributed by atoms with Crippen LogP contribution in [0.25, 0.3) is 0 Å². The zero-order valence-electron chi connectivity index (χ0n) is 17.2. The zero-order chi connectivity index (χ0) is 21.8. The monoisotopic (exact) mass is 463 g/mol. The van der Waals surface area contributed by atoms with Crippen LogP contribution in [0.1, 0.15) is 0 Å². The van der Waals surface area contributed by atoms with Gasteiger partial charge in [0.2, 0.25) is 15.9 Å². The highest BCUT2D eigenvalue weighted by Gasteiger charge is 2.30. The van der Waals surface area contributed by atoms with Crippen molar-refractivity contribution in [1.29, 1.82) is 0 Å². The number of carbonyl (C=O) groups is 1. The Labute approximate surface area is 186 Å². The quantitative estimate of drug-likeness (QED) is 0.657. The van der Waals surface area contributed by atoms with Gasteiger partial charge in [-0.1, -0.05) is 12.1 Å². The predicted molar refractivity (Wildman–Crippen MR) is 119 cm³/mol. The lowest BCUT2D eigenvalue weighted by Crippen LogP contribution is -2.50. The first-order chi connectivity index (χ1) is 15.0. The molecular weight excluding hydrogens is 438 g/mol. The zero-order valence-corrected chi connectivity index (χ0v) is 18.9. The van der Waals surface area contributed by atoms with Gasteiger partial charge in [0, 0.05) is 37.1 Å². The summed E-state index contributed by atoms with van der Waals surface area (Å²) in [6.45, 7) is 2.70. The second-order valence-electron chi connectivity index (χ2n) is 7.23. The molecule has 0 unspecified atom stereocenters. The summed E-state index contributed by atoms with van der Waals surface area (Å²) in [7, 11) is -3.64. The van der Waals surface area contributed by atoms with E-state index < -0.39 is 10.0 Å². The van der Waals surface area contributed by atoms with Gasteiger partial charge < -0.3 is 14.8 Å². The maximum atomic E-state index is 13.0. The van der Waals surface area contributed by atoms with E-state index in [9.17, 15) is 13.2 Å². The number of sulfonamides is 1. The number of nitrogens with one attached hydrogen (secondary N) is 1. The number of amides is 1. The van der Waals surface area contributed by atoms with E-state index in [0.717, 1.165) is 10.6 Å². The van der Waals surface area contributed by atoms with Gasteiger partial charge in [-0.05, 0) is 30.5 Å². The Kier molecular flexibility index (Phi) is 6.71. The molecule has 0 aliphatic carbocycles. The van der Waals surface area contributed by atoms with Crippen LogP contribution in [0.4, 0.5) is 5.69 Å². The Morgan fingerprint density at radius 1 is 1.03 bits per heavy atom. The van der Waals surface area contributed by atoms with E-state index in [1.165, 1.54) is 10.4 Å². The summed E-state index contributed by atoms with van der Waals surface area (Å²) in [4.78, 5) is 15.6. The predicted octanol–water partition coefficient (Wildman–Crippen LogP) is 2.12. The van der Waals surface area contributed by atoms with Crippen LogP contribution < -0.4 is 14.8 Å². The van der Waals surface area contributed by atoms with Gasteiger partial charge in [0.25, 0.3) is 0 Å². The number of piperazine rings is 1. The highest BCUT2D eigenvalue weighted by atomic mass is 32.2. The highest BCUT2D eigenvalue weighted by molar-refractivity contribution is 7.98. The molecule has 4 rings (SSSR count). The summed E-state index contributed by atoms with van der Waals surface area (Å²) in [6, 6.07) is 12.4. The first-order valence-corrected chi connectivity index (χ1v) is 12.7. The lowest BCUT2D eigenvalue weighted by Gasteiger charge is -2.33. The van der Waals surface area contributed by atoms with Gasteiger partial charge in [0.05, 0.1) is 17.1 Å². The molecule has 8 nitrogen and oxygen atoms in total. The molecule has 10 heteroatoms. The maximum Gasteiger partial charge on any atom is 0.243 e. The first-order valence-electron chi connectivity index (χ1n) is 10.0. The van der Waals surface area contributed by atoms with Gasteiger partial charge in [-0.25, -0.2) is 8.42 Å². The number of para-hydroxylation sites is 1. The van der Waals surface area contributed by atoms with Gasteiger partial charge in [0.15, 0.2) is 11.5 Å². The second kappa shape index (κ2) is 9.47. The summed E-state index contributed by atoms with van der Waals surface area (Å²) in [5.74, 6) is 0.905. The minimum absolute atomic E-state index is 0.107. The van der Waals surface area contributed by atoms with Crippen LogP contribution in [-0.2, 0) is 14.8 Å². The van der Waals surface area contributed by atoms with Gasteiger partial charge >= 0.3 is 0 Å². The van der Waals surface area contributed by atoms with E-state index >= 15 is 0 Å². The summed E-state index contributed by atoms with van der Waals surface area (Å²) in [5, 5.41) is 2.95. The van der Waals surface area contributed by atoms with E-state index in [-0.39, 0.29) is 17.3 Å². The summed E-state index contributed by atoms with van der Waals surface area (Å²) < 4.78 is 38.5. The van der Waals surface area contributed by atoms with E-state index in [1.54, 1.807) is 23.9 Å². The number of anilines is 1. The fourth-order valence-corrected chi connectivity index (χ4v) is 5.59. The lowest BCUT2D eigenvalue weighted by molar-refractivity contribution is -0.117. The molecule has 1 saturated heterocycles. The first kappa shape index (κ1) is 21.9. The number of rotatable bonds is 6. The molecule has 0 atom stereocenters. The van der Waals surface area contributed by atoms with E-state index in [2.05, 4.69) is 5.32 Å². The molecule has 0 saturated carbocycles. The third-order valence-corrected chi connectivity index (χ3v) is 7.92. The number of carbonyl (C=O) groups excluding carboxylic acids is 1. The molecule has 2 aliphatic rings. The van der Waals surface area contributed by atoms with Crippen LogP contribution in [0.15, 0.2) is 52.3 Å². The highest BCUT2D eigenvalue weighted by Crippen LogP contribution is 2.33. The Morgan fingerprint density at radius 2 is 1.74 bits per heavy atom. The lowest BCUT2D eigenvalue weighted by atomic mass is 10.3. The van der Waals surface area contributed by atoms with Crippen molar-refractivity contribution in [2.45, 2.75) is 9.79 Å². The van der Waals surface area contributed by atoms with Crippen LogP contribution in [0.2, 0.25) is 0 Å². The molecule has 2 aromatic rings. The van der Waals surface area contributed by atoms with Gasteiger partial charge in [-0.3, -0.25) is 9.69 Å². The molecule has 1 N–H and O–H groups in total. The number of hydrogen-bond acceptors (Lipinski definition) is 7. The van der Waals surface area contributed by atoms with Crippen LogP contribution in [0, 0.1) is 0 Å². The van der Waals surface area contributed by atoms with Crippen molar-refractivity contribution in [2.75, 3.05) is 57.5 Å². The molecule has 2 aliphatic heterocycles. The fraction of sp³-hybridized carbons (Fsp3) is 0.381. The molecule has 166 valence electrons. The summed E-state index contributed by atoms with van der Waals surface area (Å²) in [6.07, 6.45) is 1.96. The van der Waals surface area contributed by atoms with Crippen LogP contribution in [0.3, 0.4) is 0 Å². The van der Waals surface area contributed by atoms with Crippen molar-refractivity contribution in [2.24, 2.45) is 0 Å². The number of benzene rings is 2. The molecular formula is C21H25N3O5S2. The van der Waals surface area contributed by atoms with E-state index in [0.29, 0.717) is 50.9 Å². The number of thioether (sulfide) groups is 1. The maximum absolute atomic E-state index is 13.0. The minimum Gasteiger partial charge on any atom is -0.486 e. The molecule has 0 spiro atoms. The third kappa shape index (κ3) is 4.98. The summed E-state index contributed by atoms with van der Waals surface area (Å²) in [5.41, 5.74) is 0.792. The fourth-order valence-electron chi connectivity index (χ4n) is 3.60. The molecule has 2 aromatic carbocycles. The smallest absolute Gasteiger partial charge is 0.243 e. The average Bonchev–Trinajstić information content (AvgIpc) is 2.79. The standard InChI is InChI=1S/C21H25N3O5S2/c1-30-20-5-3-2-4-17(20)22-21(25)15-23-8-10-24(11-9-23)31(26,27)16-6-7-18-19(14-16)29-13-12-28-18/h2-7,14H,8-13,15H2,1H3,(H,22,25). The molecule has 2 heterocycles.